The van der Waals surface area contributed by atoms with Crippen LogP contribution in [0.5, 0.6) is 0 Å². The zero-order valence-corrected chi connectivity index (χ0v) is 9.88. The van der Waals surface area contributed by atoms with E-state index >= 15 is 0 Å². The first-order valence-corrected chi connectivity index (χ1v) is 7.12. The third-order valence-corrected chi connectivity index (χ3v) is 4.53. The zero-order valence-electron chi connectivity index (χ0n) is 8.25. The lowest BCUT2D eigenvalue weighted by molar-refractivity contribution is 0.582. The molecule has 1 aromatic carbocycles. The molecule has 1 heterocycles. The summed E-state index contributed by atoms with van der Waals surface area (Å²) < 4.78 is 34.7. The van der Waals surface area contributed by atoms with Crippen molar-refractivity contribution in [2.24, 2.45) is 0 Å². The summed E-state index contributed by atoms with van der Waals surface area (Å²) in [4.78, 5) is 0.227. The number of aromatic nitrogens is 2. The molecule has 1 fully saturated rings. The van der Waals surface area contributed by atoms with Crippen LogP contribution in [0, 0.1) is 0 Å². The Bertz CT molecular complexity index is 631. The second kappa shape index (κ2) is 3.47. The first-order chi connectivity index (χ1) is 7.67. The molecule has 0 radical (unpaired) electrons. The molecule has 0 amide bonds. The van der Waals surface area contributed by atoms with Crippen LogP contribution in [0.25, 0.3) is 11.0 Å². The molecule has 1 N–H and O–H groups in total. The molecule has 0 unspecified atom stereocenters. The van der Waals surface area contributed by atoms with Gasteiger partial charge in [0, 0.05) is 6.04 Å². The summed E-state index contributed by atoms with van der Waals surface area (Å²) in [5.74, 6) is 0. The van der Waals surface area contributed by atoms with Gasteiger partial charge in [0.15, 0.2) is 0 Å². The standard InChI is InChI=1S/C9H9N3O2S2/c13-16(14,12-6-4-5-6)8-3-1-2-7-9(8)11-15-10-7/h1-3,6,12H,4-5H2. The van der Waals surface area contributed by atoms with Crippen molar-refractivity contribution in [1.82, 2.24) is 13.5 Å². The van der Waals surface area contributed by atoms with Crippen molar-refractivity contribution in [2.45, 2.75) is 23.8 Å². The van der Waals surface area contributed by atoms with Crippen LogP contribution in [-0.2, 0) is 10.0 Å². The van der Waals surface area contributed by atoms with Gasteiger partial charge in [0.1, 0.15) is 15.9 Å². The molecule has 2 aromatic rings. The number of nitrogens with one attached hydrogen (secondary N) is 1. The summed E-state index contributed by atoms with van der Waals surface area (Å²) in [5.41, 5.74) is 1.09. The van der Waals surface area contributed by atoms with E-state index in [0.29, 0.717) is 11.0 Å². The highest BCUT2D eigenvalue weighted by atomic mass is 32.2. The number of benzene rings is 1. The summed E-state index contributed by atoms with van der Waals surface area (Å²) in [6, 6.07) is 5.11. The lowest BCUT2D eigenvalue weighted by Crippen LogP contribution is -2.25. The molecule has 16 heavy (non-hydrogen) atoms. The molecule has 3 rings (SSSR count). The number of nitrogens with zero attached hydrogens (tertiary/aromatic N) is 2. The van der Waals surface area contributed by atoms with Crippen molar-refractivity contribution in [3.63, 3.8) is 0 Å². The van der Waals surface area contributed by atoms with Crippen LogP contribution in [0.2, 0.25) is 0 Å². The Kier molecular flexibility index (Phi) is 2.20. The SMILES string of the molecule is O=S(=O)(NC1CC1)c1cccc2nsnc12. The van der Waals surface area contributed by atoms with Crippen molar-refractivity contribution < 1.29 is 8.42 Å². The van der Waals surface area contributed by atoms with Gasteiger partial charge < -0.3 is 0 Å². The van der Waals surface area contributed by atoms with Crippen LogP contribution in [0.1, 0.15) is 12.8 Å². The van der Waals surface area contributed by atoms with Gasteiger partial charge in [-0.25, -0.2) is 13.1 Å². The second-order valence-corrected chi connectivity index (χ2v) is 5.99. The van der Waals surface area contributed by atoms with Crippen LogP contribution in [0.4, 0.5) is 0 Å². The fraction of sp³-hybridized carbons (Fsp3) is 0.333. The van der Waals surface area contributed by atoms with Gasteiger partial charge in [-0.2, -0.15) is 8.75 Å². The van der Waals surface area contributed by atoms with Gasteiger partial charge in [0.2, 0.25) is 10.0 Å². The largest absolute Gasteiger partial charge is 0.243 e. The van der Waals surface area contributed by atoms with E-state index in [1.54, 1.807) is 18.2 Å². The lowest BCUT2D eigenvalue weighted by Gasteiger charge is -2.04. The van der Waals surface area contributed by atoms with Crippen LogP contribution in [0.15, 0.2) is 23.1 Å². The van der Waals surface area contributed by atoms with E-state index in [1.165, 1.54) is 0 Å². The van der Waals surface area contributed by atoms with E-state index in [2.05, 4.69) is 13.5 Å². The monoisotopic (exact) mass is 255 g/mol. The third kappa shape index (κ3) is 1.70. The zero-order chi connectivity index (χ0) is 11.2. The predicted molar refractivity (Wildman–Crippen MR) is 60.8 cm³/mol. The maximum Gasteiger partial charge on any atom is 0.243 e. The minimum Gasteiger partial charge on any atom is -0.208 e. The molecule has 0 atom stereocenters. The van der Waals surface area contributed by atoms with Gasteiger partial charge in [-0.05, 0) is 25.0 Å². The second-order valence-electron chi connectivity index (χ2n) is 3.78. The maximum absolute atomic E-state index is 12.0. The Balaban J connectivity index is 2.13. The topological polar surface area (TPSA) is 72.0 Å². The van der Waals surface area contributed by atoms with Crippen molar-refractivity contribution >= 4 is 32.8 Å². The maximum atomic E-state index is 12.0. The first kappa shape index (κ1) is 10.1. The quantitative estimate of drug-likeness (QED) is 0.892. The van der Waals surface area contributed by atoms with Gasteiger partial charge in [0.25, 0.3) is 0 Å². The van der Waals surface area contributed by atoms with Gasteiger partial charge in [0.05, 0.1) is 11.7 Å². The summed E-state index contributed by atoms with van der Waals surface area (Å²) in [6.07, 6.45) is 1.84. The summed E-state index contributed by atoms with van der Waals surface area (Å²) in [7, 11) is -3.44. The van der Waals surface area contributed by atoms with Gasteiger partial charge in [-0.15, -0.1) is 0 Å². The van der Waals surface area contributed by atoms with E-state index in [-0.39, 0.29) is 10.9 Å². The summed E-state index contributed by atoms with van der Waals surface area (Å²) >= 11 is 1.03. The molecule has 84 valence electrons. The molecule has 1 aliphatic rings. The highest BCUT2D eigenvalue weighted by Gasteiger charge is 2.29. The molecule has 0 saturated heterocycles. The van der Waals surface area contributed by atoms with Crippen molar-refractivity contribution in [3.8, 4) is 0 Å². The number of hydrogen-bond donors (Lipinski definition) is 1. The molecule has 1 aliphatic carbocycles. The molecule has 0 bridgehead atoms. The molecule has 5 nitrogen and oxygen atoms in total. The van der Waals surface area contributed by atoms with E-state index in [9.17, 15) is 8.42 Å². The molecular weight excluding hydrogens is 246 g/mol. The highest BCUT2D eigenvalue weighted by molar-refractivity contribution is 7.89. The first-order valence-electron chi connectivity index (χ1n) is 4.90. The number of hydrogen-bond acceptors (Lipinski definition) is 5. The number of fused-ring (bicyclic) bond motifs is 1. The average Bonchev–Trinajstić information content (AvgIpc) is 2.92. The van der Waals surface area contributed by atoms with Gasteiger partial charge in [-0.3, -0.25) is 0 Å². The van der Waals surface area contributed by atoms with Crippen LogP contribution < -0.4 is 4.72 Å². The lowest BCUT2D eigenvalue weighted by atomic mass is 10.3. The predicted octanol–water partition coefficient (Wildman–Crippen LogP) is 1.13. The van der Waals surface area contributed by atoms with E-state index in [1.807, 2.05) is 0 Å². The minimum absolute atomic E-state index is 0.104. The molecule has 1 saturated carbocycles. The normalized spacial score (nSPS) is 16.8. The van der Waals surface area contributed by atoms with Gasteiger partial charge >= 0.3 is 0 Å². The van der Waals surface area contributed by atoms with Crippen molar-refractivity contribution in [3.05, 3.63) is 18.2 Å². The fourth-order valence-electron chi connectivity index (χ4n) is 1.48. The molecule has 7 heteroatoms. The molecule has 0 aliphatic heterocycles. The fourth-order valence-corrected chi connectivity index (χ4v) is 3.55. The average molecular weight is 255 g/mol. The number of rotatable bonds is 3. The van der Waals surface area contributed by atoms with Crippen LogP contribution >= 0.6 is 11.7 Å². The van der Waals surface area contributed by atoms with E-state index in [0.717, 1.165) is 24.6 Å². The molecule has 1 aromatic heterocycles. The van der Waals surface area contributed by atoms with E-state index in [4.69, 9.17) is 0 Å². The summed E-state index contributed by atoms with van der Waals surface area (Å²) in [6.45, 7) is 0. The highest BCUT2D eigenvalue weighted by Crippen LogP contribution is 2.25. The number of sulfonamides is 1. The van der Waals surface area contributed by atoms with Crippen LogP contribution in [0.3, 0.4) is 0 Å². The third-order valence-electron chi connectivity index (χ3n) is 2.44. The molecular formula is C9H9N3O2S2. The minimum atomic E-state index is -3.44. The summed E-state index contributed by atoms with van der Waals surface area (Å²) in [5, 5.41) is 0. The Labute approximate surface area is 96.9 Å². The Hall–Kier alpha value is -1.05. The van der Waals surface area contributed by atoms with Crippen molar-refractivity contribution in [1.29, 1.82) is 0 Å². The Morgan fingerprint density at radius 2 is 2.12 bits per heavy atom. The van der Waals surface area contributed by atoms with E-state index < -0.39 is 10.0 Å². The van der Waals surface area contributed by atoms with Crippen LogP contribution in [-0.4, -0.2) is 23.2 Å². The smallest absolute Gasteiger partial charge is 0.208 e. The van der Waals surface area contributed by atoms with Crippen molar-refractivity contribution in [2.75, 3.05) is 0 Å². The van der Waals surface area contributed by atoms with Gasteiger partial charge in [-0.1, -0.05) is 6.07 Å². The molecule has 0 spiro atoms. The Morgan fingerprint density at radius 1 is 1.31 bits per heavy atom. The Morgan fingerprint density at radius 3 is 2.88 bits per heavy atom.